The summed E-state index contributed by atoms with van der Waals surface area (Å²) in [5.41, 5.74) is 0. The molecule has 0 spiro atoms. The van der Waals surface area contributed by atoms with Crippen molar-refractivity contribution in [3.05, 3.63) is 146 Å². The number of unbranched alkanes of at least 4 members (excludes halogenated alkanes) is 6. The zero-order valence-electron chi connectivity index (χ0n) is 38.2. The molecule has 0 radical (unpaired) electrons. The molecule has 0 aliphatic heterocycles. The van der Waals surface area contributed by atoms with Gasteiger partial charge in [0.05, 0.1) is 13.0 Å². The molecule has 0 aromatic rings. The van der Waals surface area contributed by atoms with Crippen LogP contribution in [0.5, 0.6) is 0 Å². The van der Waals surface area contributed by atoms with Gasteiger partial charge in [-0.3, -0.25) is 9.59 Å². The maximum Gasteiger partial charge on any atom is 0.309 e. The van der Waals surface area contributed by atoms with E-state index < -0.39 is 6.10 Å². The summed E-state index contributed by atoms with van der Waals surface area (Å²) < 4.78 is 17.2. The van der Waals surface area contributed by atoms with Gasteiger partial charge in [0.15, 0.2) is 6.10 Å². The summed E-state index contributed by atoms with van der Waals surface area (Å²) in [6.45, 7) is 7.24. The van der Waals surface area contributed by atoms with Crippen LogP contribution in [-0.4, -0.2) is 37.9 Å². The van der Waals surface area contributed by atoms with E-state index in [0.29, 0.717) is 13.0 Å². The first-order chi connectivity index (χ1) is 29.6. The molecule has 60 heavy (non-hydrogen) atoms. The molecule has 0 aromatic heterocycles. The van der Waals surface area contributed by atoms with Crippen molar-refractivity contribution in [2.45, 2.75) is 168 Å². The summed E-state index contributed by atoms with van der Waals surface area (Å²) in [4.78, 5) is 25.2. The molecule has 0 N–H and O–H groups in total. The average molecular weight is 825 g/mol. The fourth-order valence-electron chi connectivity index (χ4n) is 5.53. The van der Waals surface area contributed by atoms with Crippen LogP contribution in [0.3, 0.4) is 0 Å². The number of allylic oxidation sites excluding steroid dienone is 23. The predicted octanol–water partition coefficient (Wildman–Crippen LogP) is 15.8. The summed E-state index contributed by atoms with van der Waals surface area (Å²) in [6.07, 6.45) is 71.6. The standard InChI is InChI=1S/C55H84O5/c1-4-7-10-13-16-19-22-25-28-30-33-36-39-42-45-48-54(56)59-52-53(51-58-50-47-44-41-38-35-32-27-24-21-18-15-12-9-6-3)60-55(57)49-46-43-40-37-34-31-29-26-23-20-17-14-11-8-5-2/h7-12,16-21,25-29,32-34,36-37,42,45,53H,4-6,13-15,22-24,30-31,35,38-41,43-44,46-52H2,1-3H3/b10-7-,11-8-,12-9-,19-16-,20-17-,21-18-,28-25-,29-26-,32-27-,36-33-,37-34-,45-42-. The van der Waals surface area contributed by atoms with Crippen LogP contribution in [0.2, 0.25) is 0 Å². The van der Waals surface area contributed by atoms with Crippen LogP contribution in [0.15, 0.2) is 146 Å². The summed E-state index contributed by atoms with van der Waals surface area (Å²) in [5, 5.41) is 0. The van der Waals surface area contributed by atoms with Gasteiger partial charge in [-0.05, 0) is 116 Å². The number of hydrogen-bond acceptors (Lipinski definition) is 5. The molecule has 0 aliphatic carbocycles. The van der Waals surface area contributed by atoms with Gasteiger partial charge in [0.2, 0.25) is 0 Å². The van der Waals surface area contributed by atoms with Crippen molar-refractivity contribution in [1.82, 2.24) is 0 Å². The Morgan fingerprint density at radius 1 is 0.383 bits per heavy atom. The lowest BCUT2D eigenvalue weighted by molar-refractivity contribution is -0.162. The Hall–Kier alpha value is -4.22. The molecule has 0 aromatic carbocycles. The minimum atomic E-state index is -0.619. The number of hydrogen-bond donors (Lipinski definition) is 0. The summed E-state index contributed by atoms with van der Waals surface area (Å²) in [5.74, 6) is -0.621. The van der Waals surface area contributed by atoms with Crippen LogP contribution in [0.25, 0.3) is 0 Å². The predicted molar refractivity (Wildman–Crippen MR) is 260 cm³/mol. The molecule has 1 unspecified atom stereocenters. The van der Waals surface area contributed by atoms with Crippen molar-refractivity contribution in [2.75, 3.05) is 19.8 Å². The van der Waals surface area contributed by atoms with Gasteiger partial charge in [0.1, 0.15) is 6.61 Å². The molecular weight excluding hydrogens is 741 g/mol. The minimum absolute atomic E-state index is 0.00576. The minimum Gasteiger partial charge on any atom is -0.461 e. The van der Waals surface area contributed by atoms with Gasteiger partial charge in [-0.15, -0.1) is 0 Å². The second-order valence-corrected chi connectivity index (χ2v) is 14.5. The van der Waals surface area contributed by atoms with Gasteiger partial charge in [-0.2, -0.15) is 0 Å². The first-order valence-electron chi connectivity index (χ1n) is 23.4. The highest BCUT2D eigenvalue weighted by Crippen LogP contribution is 2.09. The highest BCUT2D eigenvalue weighted by atomic mass is 16.6. The van der Waals surface area contributed by atoms with E-state index in [1.807, 2.05) is 12.2 Å². The molecule has 0 heterocycles. The lowest BCUT2D eigenvalue weighted by Crippen LogP contribution is -2.30. The van der Waals surface area contributed by atoms with E-state index in [2.05, 4.69) is 154 Å². The van der Waals surface area contributed by atoms with Crippen molar-refractivity contribution >= 4 is 11.9 Å². The largest absolute Gasteiger partial charge is 0.461 e. The molecule has 0 aliphatic rings. The maximum atomic E-state index is 12.7. The number of carbonyl (C=O) groups is 2. The fourth-order valence-corrected chi connectivity index (χ4v) is 5.53. The average Bonchev–Trinajstić information content (AvgIpc) is 3.25. The van der Waals surface area contributed by atoms with Crippen molar-refractivity contribution < 1.29 is 23.8 Å². The Kier molecular flexibility index (Phi) is 45.7. The smallest absolute Gasteiger partial charge is 0.309 e. The van der Waals surface area contributed by atoms with Gasteiger partial charge in [-0.25, -0.2) is 0 Å². The van der Waals surface area contributed by atoms with E-state index in [1.165, 1.54) is 0 Å². The van der Waals surface area contributed by atoms with Crippen LogP contribution in [-0.2, 0) is 23.8 Å². The molecule has 0 rings (SSSR count). The Morgan fingerprint density at radius 3 is 1.18 bits per heavy atom. The van der Waals surface area contributed by atoms with E-state index >= 15 is 0 Å². The SMILES string of the molecule is CC/C=C\C/C=C\C/C=C\C/C=C\C/C=C\CC(=O)OCC(COCCCCCC/C=C\C/C=C\C/C=C\CC)OC(=O)CCCC/C=C\C/C=C\C/C=C\C/C=C\CC. The van der Waals surface area contributed by atoms with Crippen molar-refractivity contribution in [1.29, 1.82) is 0 Å². The first kappa shape index (κ1) is 55.8. The molecule has 1 atom stereocenters. The zero-order chi connectivity index (χ0) is 43.5. The topological polar surface area (TPSA) is 61.8 Å². The quantitative estimate of drug-likeness (QED) is 0.0350. The van der Waals surface area contributed by atoms with Gasteiger partial charge in [0.25, 0.3) is 0 Å². The first-order valence-corrected chi connectivity index (χ1v) is 23.4. The number of carbonyl (C=O) groups excluding carboxylic acids is 2. The lowest BCUT2D eigenvalue weighted by Gasteiger charge is -2.18. The van der Waals surface area contributed by atoms with Crippen LogP contribution in [0, 0.1) is 0 Å². The molecule has 334 valence electrons. The van der Waals surface area contributed by atoms with Crippen LogP contribution < -0.4 is 0 Å². The van der Waals surface area contributed by atoms with E-state index in [-0.39, 0.29) is 31.6 Å². The molecule has 5 nitrogen and oxygen atoms in total. The maximum absolute atomic E-state index is 12.7. The van der Waals surface area contributed by atoms with Gasteiger partial charge in [0, 0.05) is 13.0 Å². The van der Waals surface area contributed by atoms with Crippen LogP contribution in [0.4, 0.5) is 0 Å². The molecule has 5 heteroatoms. The van der Waals surface area contributed by atoms with Crippen molar-refractivity contribution in [3.8, 4) is 0 Å². The normalized spacial score (nSPS) is 13.6. The molecule has 0 bridgehead atoms. The highest BCUT2D eigenvalue weighted by Gasteiger charge is 2.17. The third kappa shape index (κ3) is 46.5. The fraction of sp³-hybridized carbons (Fsp3) is 0.527. The van der Waals surface area contributed by atoms with Crippen molar-refractivity contribution in [2.24, 2.45) is 0 Å². The Morgan fingerprint density at radius 2 is 0.750 bits per heavy atom. The molecule has 0 saturated heterocycles. The van der Waals surface area contributed by atoms with Crippen LogP contribution in [0.1, 0.15) is 162 Å². The van der Waals surface area contributed by atoms with Gasteiger partial charge < -0.3 is 14.2 Å². The third-order valence-corrected chi connectivity index (χ3v) is 8.88. The number of esters is 2. The van der Waals surface area contributed by atoms with E-state index in [0.717, 1.165) is 128 Å². The molecule has 0 fully saturated rings. The third-order valence-electron chi connectivity index (χ3n) is 8.88. The number of rotatable bonds is 40. The Labute approximate surface area is 368 Å². The lowest BCUT2D eigenvalue weighted by atomic mass is 10.1. The van der Waals surface area contributed by atoms with E-state index in [9.17, 15) is 9.59 Å². The van der Waals surface area contributed by atoms with E-state index in [1.54, 1.807) is 0 Å². The molecule has 0 amide bonds. The highest BCUT2D eigenvalue weighted by molar-refractivity contribution is 5.71. The second kappa shape index (κ2) is 49.1. The summed E-state index contributed by atoms with van der Waals surface area (Å²) >= 11 is 0. The summed E-state index contributed by atoms with van der Waals surface area (Å²) in [7, 11) is 0. The van der Waals surface area contributed by atoms with Gasteiger partial charge in [-0.1, -0.05) is 179 Å². The summed E-state index contributed by atoms with van der Waals surface area (Å²) in [6, 6.07) is 0. The zero-order valence-corrected chi connectivity index (χ0v) is 38.2. The van der Waals surface area contributed by atoms with Gasteiger partial charge >= 0.3 is 11.9 Å². The number of ether oxygens (including phenoxy) is 3. The van der Waals surface area contributed by atoms with Crippen molar-refractivity contribution in [3.63, 3.8) is 0 Å². The Bertz CT molecular complexity index is 1350. The Balaban J connectivity index is 4.55. The monoisotopic (exact) mass is 825 g/mol. The molecule has 0 saturated carbocycles. The van der Waals surface area contributed by atoms with Crippen LogP contribution >= 0.6 is 0 Å². The second-order valence-electron chi connectivity index (χ2n) is 14.5. The van der Waals surface area contributed by atoms with E-state index in [4.69, 9.17) is 14.2 Å². The molecular formula is C55H84O5.